The van der Waals surface area contributed by atoms with Crippen molar-refractivity contribution in [1.82, 2.24) is 56.4 Å². The van der Waals surface area contributed by atoms with Gasteiger partial charge in [0.25, 0.3) is 0 Å². The molecular weight excluding hydrogens is 1210 g/mol. The third-order valence-corrected chi connectivity index (χ3v) is 21.5. The first-order valence-electron chi connectivity index (χ1n) is 35.2. The molecule has 522 valence electrons. The summed E-state index contributed by atoms with van der Waals surface area (Å²) in [6, 6.07) is 10.5. The highest BCUT2D eigenvalue weighted by molar-refractivity contribution is 6.31. The maximum Gasteiger partial charge on any atom is 0.417 e. The van der Waals surface area contributed by atoms with Crippen LogP contribution in [0, 0.1) is 23.7 Å². The number of fused-ring (bicyclic) bond motifs is 2. The van der Waals surface area contributed by atoms with Gasteiger partial charge in [0.05, 0.1) is 22.1 Å². The van der Waals surface area contributed by atoms with Crippen LogP contribution in [0.2, 0.25) is 5.02 Å². The van der Waals surface area contributed by atoms with E-state index in [1.807, 2.05) is 43.7 Å². The molecule has 5 aliphatic rings. The molecule has 0 aromatic heterocycles. The lowest BCUT2D eigenvalue weighted by molar-refractivity contribution is -0.160. The van der Waals surface area contributed by atoms with Crippen molar-refractivity contribution in [3.05, 3.63) is 118 Å². The summed E-state index contributed by atoms with van der Waals surface area (Å²) in [6.07, 6.45) is 15.0. The molecule has 4 fully saturated rings. The Labute approximate surface area is 559 Å². The van der Waals surface area contributed by atoms with Crippen molar-refractivity contribution < 1.29 is 31.1 Å². The van der Waals surface area contributed by atoms with Gasteiger partial charge < -0.3 is 51.5 Å². The van der Waals surface area contributed by atoms with Crippen molar-refractivity contribution >= 4 is 23.2 Å². The first-order chi connectivity index (χ1) is 44.1. The molecular formula is C73H115ClF6N12O. The molecule has 4 heterocycles. The normalized spacial score (nSPS) is 28.4. The number of rotatable bonds is 12. The molecule has 1 amide bonds. The minimum atomic E-state index is -4.57. The monoisotopic (exact) mass is 1320 g/mol. The fourth-order valence-corrected chi connectivity index (χ4v) is 15.4. The van der Waals surface area contributed by atoms with Gasteiger partial charge in [-0.15, -0.1) is 0 Å². The van der Waals surface area contributed by atoms with Crippen molar-refractivity contribution in [2.75, 3.05) is 66.5 Å². The number of aliphatic imine (C=N–C) groups is 1. The van der Waals surface area contributed by atoms with Crippen LogP contribution >= 0.6 is 11.6 Å². The molecule has 1 aliphatic carbocycles. The Morgan fingerprint density at radius 1 is 0.763 bits per heavy atom. The van der Waals surface area contributed by atoms with Crippen LogP contribution in [0.3, 0.4) is 0 Å². The van der Waals surface area contributed by atoms with Crippen molar-refractivity contribution in [2.24, 2.45) is 28.7 Å². The molecule has 7 rings (SSSR count). The zero-order chi connectivity index (χ0) is 67.8. The average Bonchev–Trinajstić information content (AvgIpc) is 1.18. The van der Waals surface area contributed by atoms with Crippen molar-refractivity contribution in [2.45, 2.75) is 238 Å². The lowest BCUT2D eigenvalue weighted by atomic mass is 9.74. The van der Waals surface area contributed by atoms with Crippen LogP contribution in [-0.2, 0) is 30.0 Å². The van der Waals surface area contributed by atoms with E-state index in [1.165, 1.54) is 30.0 Å². The summed E-state index contributed by atoms with van der Waals surface area (Å²) in [5, 5.41) is 23.6. The molecule has 20 heteroatoms. The Morgan fingerprint density at radius 3 is 2.10 bits per heavy atom. The molecule has 4 aliphatic heterocycles. The van der Waals surface area contributed by atoms with E-state index >= 15 is 0 Å². The molecule has 1 spiro atoms. The number of allylic oxidation sites excluding steroid dienone is 3. The number of nitrogens with one attached hydrogen (secondary N) is 6. The van der Waals surface area contributed by atoms with E-state index in [9.17, 15) is 31.1 Å². The number of halogens is 7. The smallest absolute Gasteiger partial charge is 0.390 e. The molecule has 5 unspecified atom stereocenters. The Morgan fingerprint density at radius 2 is 1.45 bits per heavy atom. The lowest BCUT2D eigenvalue weighted by Gasteiger charge is -2.60. The number of carbonyl (C=O) groups excluding carboxylic acids is 1. The van der Waals surface area contributed by atoms with E-state index < -0.39 is 23.5 Å². The molecule has 13 nitrogen and oxygen atoms in total. The minimum absolute atomic E-state index is 0.0483. The van der Waals surface area contributed by atoms with Gasteiger partial charge in [0, 0.05) is 175 Å². The third kappa shape index (κ3) is 21.2. The van der Waals surface area contributed by atoms with Crippen LogP contribution in [0.5, 0.6) is 0 Å². The molecule has 93 heavy (non-hydrogen) atoms. The van der Waals surface area contributed by atoms with Crippen LogP contribution in [0.1, 0.15) is 175 Å². The number of likely N-dealkylation sites (N-methyl/N-ethyl adjacent to an activating group) is 1. The van der Waals surface area contributed by atoms with Gasteiger partial charge in [0.15, 0.2) is 0 Å². The highest BCUT2D eigenvalue weighted by Crippen LogP contribution is 2.42. The second-order valence-electron chi connectivity index (χ2n) is 28.5. The minimum Gasteiger partial charge on any atom is -0.390 e. The van der Waals surface area contributed by atoms with E-state index in [0.717, 1.165) is 139 Å². The van der Waals surface area contributed by atoms with E-state index in [2.05, 4.69) is 134 Å². The van der Waals surface area contributed by atoms with Gasteiger partial charge in [-0.25, -0.2) is 0 Å². The SMILES string of the molecule is CC[C@H](C)[C@H]1C(C)NC2(CCCC2)CNCCNC=CC(CCc2ccc(C(F)(F)F)c(Cl)c2)=NC=CN(C)C=C(Cc2ccc(C(F)(F)F)cc2)N(C)C=C2CCCN2[C@@H](C)C(C)N[C@@H]([C@@H](C)CC)CN[C@@H](CC(C)C)C(C)NCC2[C@H](C(=O)N3CCCC3)C(C)N21. The van der Waals surface area contributed by atoms with Gasteiger partial charge in [0.2, 0.25) is 5.91 Å². The molecule has 1 saturated carbocycles. The fraction of sp³-hybridized carbons (Fsp3) is 0.699. The number of likely N-dealkylation sites (tertiary alicyclic amines) is 1. The summed E-state index contributed by atoms with van der Waals surface area (Å²) in [7, 11) is 3.88. The number of benzene rings is 2. The first-order valence-corrected chi connectivity index (χ1v) is 35.6. The summed E-state index contributed by atoms with van der Waals surface area (Å²) < 4.78 is 82.4. The predicted molar refractivity (Wildman–Crippen MR) is 370 cm³/mol. The molecule has 3 saturated heterocycles. The van der Waals surface area contributed by atoms with E-state index in [-0.39, 0.29) is 70.9 Å². The van der Waals surface area contributed by atoms with Crippen LogP contribution in [0.4, 0.5) is 26.3 Å². The summed E-state index contributed by atoms with van der Waals surface area (Å²) >= 11 is 6.17. The van der Waals surface area contributed by atoms with Crippen LogP contribution < -0.4 is 31.9 Å². The number of amides is 1. The van der Waals surface area contributed by atoms with Gasteiger partial charge in [-0.2, -0.15) is 26.3 Å². The maximum atomic E-state index is 14.7. The number of hydrogen-bond acceptors (Lipinski definition) is 12. The second kappa shape index (κ2) is 35.0. The van der Waals surface area contributed by atoms with Gasteiger partial charge in [-0.1, -0.05) is 97.0 Å². The number of alkyl halides is 6. The lowest BCUT2D eigenvalue weighted by Crippen LogP contribution is -2.76. The topological polar surface area (TPSA) is 118 Å². The second-order valence-corrected chi connectivity index (χ2v) is 28.9. The standard InChI is InChI=1S/C73H115ClF6N12O/c1-14-50(5)66-44-85-65(41-49(3)4)53(8)84-45-67-68(70(93)90-37-18-19-38-90)56(11)92(67)69(51(6)15-2)54(9)87-71(31-16-17-32-71)48-82-35-34-81-33-30-60(28-24-58-25-29-63(64(74)43-58)73(78,79)80)83-36-40-88(12)46-62(42-57-22-26-59(27-23-57)72(75,76)77)89(13)47-61-21-20-39-91(61)55(10)52(7)86-66/h22-23,25-27,29-30,33,36,40,43,46-47,49-56,65-69,81-82,84-87H,14-21,24,28,31-32,34-35,37-39,41-42,44-45,48H2,1-13H3/t50-,51-,52?,53?,54?,55-,56?,65-,66+,67?,68+,69-/m0/s1. The summed E-state index contributed by atoms with van der Waals surface area (Å²) in [4.78, 5) is 30.9. The maximum absolute atomic E-state index is 14.7. The number of hydrogen-bond donors (Lipinski definition) is 6. The zero-order valence-corrected chi connectivity index (χ0v) is 59.1. The molecule has 2 aromatic rings. The summed E-state index contributed by atoms with van der Waals surface area (Å²) in [5.41, 5.74) is 2.41. The van der Waals surface area contributed by atoms with Gasteiger partial charge in [0.1, 0.15) is 0 Å². The summed E-state index contributed by atoms with van der Waals surface area (Å²) in [6.45, 7) is 31.8. The van der Waals surface area contributed by atoms with E-state index in [0.29, 0.717) is 67.3 Å². The quantitative estimate of drug-likeness (QED) is 0.114. The molecule has 0 radical (unpaired) electrons. The van der Waals surface area contributed by atoms with Crippen LogP contribution in [0.15, 0.2) is 95.9 Å². The van der Waals surface area contributed by atoms with Crippen molar-refractivity contribution in [1.29, 1.82) is 0 Å². The largest absolute Gasteiger partial charge is 0.417 e. The number of carbonyl (C=O) groups is 1. The Hall–Kier alpha value is -4.63. The number of aryl methyl sites for hydroxylation is 1. The molecule has 0 bridgehead atoms. The Balaban J connectivity index is 1.22. The van der Waals surface area contributed by atoms with Crippen LogP contribution in [0.25, 0.3) is 0 Å². The van der Waals surface area contributed by atoms with Crippen molar-refractivity contribution in [3.8, 4) is 0 Å². The molecule has 6 N–H and O–H groups in total. The molecule has 2 aromatic carbocycles. The van der Waals surface area contributed by atoms with E-state index in [4.69, 9.17) is 16.6 Å². The Kier molecular flexibility index (Phi) is 28.5. The fourth-order valence-electron chi connectivity index (χ4n) is 15.1. The molecule has 12 atom stereocenters. The van der Waals surface area contributed by atoms with Gasteiger partial charge in [-0.3, -0.25) is 14.7 Å². The Bertz CT molecular complexity index is 2800. The zero-order valence-electron chi connectivity index (χ0n) is 58.3. The highest BCUT2D eigenvalue weighted by Gasteiger charge is 2.55. The van der Waals surface area contributed by atoms with Crippen molar-refractivity contribution in [3.63, 3.8) is 0 Å². The van der Waals surface area contributed by atoms with Gasteiger partial charge >= 0.3 is 12.4 Å². The van der Waals surface area contributed by atoms with E-state index in [1.54, 1.807) is 6.20 Å². The third-order valence-electron chi connectivity index (χ3n) is 21.1. The highest BCUT2D eigenvalue weighted by atomic mass is 35.5. The van der Waals surface area contributed by atoms with Gasteiger partial charge in [-0.05, 0) is 158 Å². The average molecular weight is 1330 g/mol. The van der Waals surface area contributed by atoms with Crippen LogP contribution in [-0.4, -0.2) is 162 Å². The predicted octanol–water partition coefficient (Wildman–Crippen LogP) is 13.6. The number of nitrogens with zero attached hydrogens (tertiary/aromatic N) is 6. The summed E-state index contributed by atoms with van der Waals surface area (Å²) in [5.74, 6) is 1.47. The first kappa shape index (κ1) is 75.7.